The van der Waals surface area contributed by atoms with E-state index >= 15 is 0 Å². The molecule has 0 spiro atoms. The minimum absolute atomic E-state index is 0. The first-order chi connectivity index (χ1) is 16.2. The van der Waals surface area contributed by atoms with Gasteiger partial charge in [0.2, 0.25) is 5.88 Å². The maximum atomic E-state index is 14.4. The molecule has 3 aromatic carbocycles. The third-order valence-corrected chi connectivity index (χ3v) is 6.34. The van der Waals surface area contributed by atoms with E-state index in [1.54, 1.807) is 6.20 Å². The standard InChI is InChI=1S/C29H26FNO2.H3N/c1-32-28-26(30)17-23(20-31-28)24-13-8-14-27-25(24)15-16-29(33-27,18-21-9-4-2-5-10-21)19-22-11-6-3-7-12-22;/h2-14,17,20H,15-16,18-19H2,1H3;1H3. The number of aromatic nitrogens is 1. The van der Waals surface area contributed by atoms with Gasteiger partial charge >= 0.3 is 0 Å². The van der Waals surface area contributed by atoms with Gasteiger partial charge in [-0.3, -0.25) is 0 Å². The van der Waals surface area contributed by atoms with Gasteiger partial charge in [-0.05, 0) is 41.7 Å². The lowest BCUT2D eigenvalue weighted by molar-refractivity contribution is 0.0466. The molecule has 4 aromatic rings. The van der Waals surface area contributed by atoms with Crippen molar-refractivity contribution in [3.63, 3.8) is 0 Å². The molecule has 2 heterocycles. The molecule has 5 rings (SSSR count). The molecular formula is C29H29FN2O2. The van der Waals surface area contributed by atoms with Gasteiger partial charge in [0, 0.05) is 30.2 Å². The Morgan fingerprint density at radius 1 is 0.912 bits per heavy atom. The Morgan fingerprint density at radius 2 is 1.56 bits per heavy atom. The van der Waals surface area contributed by atoms with Crippen LogP contribution in [0.25, 0.3) is 11.1 Å². The van der Waals surface area contributed by atoms with Crippen LogP contribution in [-0.4, -0.2) is 17.7 Å². The number of nitrogens with zero attached hydrogens (tertiary/aromatic N) is 1. The molecule has 1 aliphatic rings. The van der Waals surface area contributed by atoms with Crippen LogP contribution >= 0.6 is 0 Å². The minimum atomic E-state index is -0.466. The van der Waals surface area contributed by atoms with E-state index in [-0.39, 0.29) is 17.6 Å². The van der Waals surface area contributed by atoms with Gasteiger partial charge in [-0.25, -0.2) is 9.37 Å². The van der Waals surface area contributed by atoms with E-state index in [0.717, 1.165) is 48.1 Å². The highest BCUT2D eigenvalue weighted by atomic mass is 19.1. The van der Waals surface area contributed by atoms with Gasteiger partial charge in [-0.1, -0.05) is 72.8 Å². The van der Waals surface area contributed by atoms with E-state index in [9.17, 15) is 4.39 Å². The van der Waals surface area contributed by atoms with Crippen LogP contribution in [-0.2, 0) is 19.3 Å². The molecule has 0 saturated carbocycles. The zero-order chi connectivity index (χ0) is 22.7. The van der Waals surface area contributed by atoms with Gasteiger partial charge < -0.3 is 15.6 Å². The molecule has 0 saturated heterocycles. The number of benzene rings is 3. The van der Waals surface area contributed by atoms with Crippen molar-refractivity contribution in [3.8, 4) is 22.8 Å². The molecule has 3 N–H and O–H groups in total. The van der Waals surface area contributed by atoms with Gasteiger partial charge in [0.15, 0.2) is 5.82 Å². The number of fused-ring (bicyclic) bond motifs is 1. The quantitative estimate of drug-likeness (QED) is 0.355. The summed E-state index contributed by atoms with van der Waals surface area (Å²) in [6.07, 6.45) is 5.02. The van der Waals surface area contributed by atoms with Crippen LogP contribution in [0, 0.1) is 5.82 Å². The average molecular weight is 457 g/mol. The molecule has 0 unspecified atom stereocenters. The largest absolute Gasteiger partial charge is 0.486 e. The second-order valence-electron chi connectivity index (χ2n) is 8.61. The first kappa shape index (κ1) is 23.5. The number of hydrogen-bond acceptors (Lipinski definition) is 4. The molecule has 0 bridgehead atoms. The van der Waals surface area contributed by atoms with E-state index in [4.69, 9.17) is 9.47 Å². The van der Waals surface area contributed by atoms with Crippen LogP contribution in [0.5, 0.6) is 11.6 Å². The van der Waals surface area contributed by atoms with E-state index in [1.807, 2.05) is 30.3 Å². The molecular weight excluding hydrogens is 427 g/mol. The van der Waals surface area contributed by atoms with Crippen molar-refractivity contribution in [2.45, 2.75) is 31.3 Å². The highest BCUT2D eigenvalue weighted by molar-refractivity contribution is 5.70. The lowest BCUT2D eigenvalue weighted by atomic mass is 9.80. The summed E-state index contributed by atoms with van der Waals surface area (Å²) in [5.74, 6) is 0.401. The van der Waals surface area contributed by atoms with Crippen molar-refractivity contribution in [2.24, 2.45) is 0 Å². The Labute approximate surface area is 200 Å². The van der Waals surface area contributed by atoms with Crippen LogP contribution in [0.15, 0.2) is 91.1 Å². The highest BCUT2D eigenvalue weighted by Gasteiger charge is 2.37. The molecule has 5 heteroatoms. The zero-order valence-electron chi connectivity index (χ0n) is 19.3. The lowest BCUT2D eigenvalue weighted by Gasteiger charge is -2.40. The summed E-state index contributed by atoms with van der Waals surface area (Å²) < 4.78 is 26.2. The van der Waals surface area contributed by atoms with E-state index in [2.05, 4.69) is 53.5 Å². The highest BCUT2D eigenvalue weighted by Crippen LogP contribution is 2.42. The predicted octanol–water partition coefficient (Wildman–Crippen LogP) is 6.61. The van der Waals surface area contributed by atoms with Crippen LogP contribution in [0.3, 0.4) is 0 Å². The number of ether oxygens (including phenoxy) is 2. The number of halogens is 1. The molecule has 0 aliphatic carbocycles. The first-order valence-corrected chi connectivity index (χ1v) is 11.2. The molecule has 34 heavy (non-hydrogen) atoms. The fourth-order valence-corrected chi connectivity index (χ4v) is 4.80. The summed E-state index contributed by atoms with van der Waals surface area (Å²) in [4.78, 5) is 4.12. The summed E-state index contributed by atoms with van der Waals surface area (Å²) in [6, 6.07) is 28.5. The zero-order valence-corrected chi connectivity index (χ0v) is 19.3. The molecule has 0 atom stereocenters. The third kappa shape index (κ3) is 4.80. The topological polar surface area (TPSA) is 66.3 Å². The molecule has 0 fully saturated rings. The van der Waals surface area contributed by atoms with E-state index in [1.165, 1.54) is 24.3 Å². The summed E-state index contributed by atoms with van der Waals surface area (Å²) >= 11 is 0. The van der Waals surface area contributed by atoms with Crippen LogP contribution < -0.4 is 15.6 Å². The lowest BCUT2D eigenvalue weighted by Crippen LogP contribution is -2.44. The molecule has 0 amide bonds. The maximum absolute atomic E-state index is 14.4. The summed E-state index contributed by atoms with van der Waals surface area (Å²) in [7, 11) is 1.42. The monoisotopic (exact) mass is 456 g/mol. The number of pyridine rings is 1. The fourth-order valence-electron chi connectivity index (χ4n) is 4.80. The Bertz CT molecular complexity index is 1200. The van der Waals surface area contributed by atoms with Gasteiger partial charge in [0.1, 0.15) is 11.4 Å². The minimum Gasteiger partial charge on any atom is -0.486 e. The Morgan fingerprint density at radius 3 is 2.15 bits per heavy atom. The smallest absolute Gasteiger partial charge is 0.250 e. The molecule has 1 aliphatic heterocycles. The van der Waals surface area contributed by atoms with Crippen molar-refractivity contribution in [1.82, 2.24) is 11.1 Å². The Hall–Kier alpha value is -3.70. The van der Waals surface area contributed by atoms with Gasteiger partial charge in [0.25, 0.3) is 0 Å². The van der Waals surface area contributed by atoms with Crippen LogP contribution in [0.2, 0.25) is 0 Å². The maximum Gasteiger partial charge on any atom is 0.250 e. The second kappa shape index (κ2) is 10.1. The van der Waals surface area contributed by atoms with Gasteiger partial charge in [0.05, 0.1) is 7.11 Å². The van der Waals surface area contributed by atoms with E-state index < -0.39 is 5.82 Å². The number of methoxy groups -OCH3 is 1. The van der Waals surface area contributed by atoms with Crippen molar-refractivity contribution in [2.75, 3.05) is 7.11 Å². The fraction of sp³-hybridized carbons (Fsp3) is 0.207. The van der Waals surface area contributed by atoms with E-state index in [0.29, 0.717) is 0 Å². The van der Waals surface area contributed by atoms with Crippen molar-refractivity contribution < 1.29 is 13.9 Å². The molecule has 0 radical (unpaired) electrons. The average Bonchev–Trinajstić information content (AvgIpc) is 2.84. The van der Waals surface area contributed by atoms with Crippen molar-refractivity contribution >= 4 is 0 Å². The SMILES string of the molecule is COc1ncc(-c2cccc3c2CCC(Cc2ccccc2)(Cc2ccccc2)O3)cc1F.N. The first-order valence-electron chi connectivity index (χ1n) is 11.2. The molecule has 1 aromatic heterocycles. The summed E-state index contributed by atoms with van der Waals surface area (Å²) in [5, 5.41) is 0. The van der Waals surface area contributed by atoms with Crippen LogP contribution in [0.1, 0.15) is 23.1 Å². The van der Waals surface area contributed by atoms with Crippen molar-refractivity contribution in [1.29, 1.82) is 0 Å². The third-order valence-electron chi connectivity index (χ3n) is 6.34. The number of rotatable bonds is 6. The Balaban J connectivity index is 0.00000274. The van der Waals surface area contributed by atoms with Crippen LogP contribution in [0.4, 0.5) is 4.39 Å². The second-order valence-corrected chi connectivity index (χ2v) is 8.61. The summed E-state index contributed by atoms with van der Waals surface area (Å²) in [5.41, 5.74) is 4.95. The number of hydrogen-bond donors (Lipinski definition) is 1. The van der Waals surface area contributed by atoms with Gasteiger partial charge in [-0.2, -0.15) is 0 Å². The molecule has 174 valence electrons. The Kier molecular flexibility index (Phi) is 6.94. The van der Waals surface area contributed by atoms with Crippen molar-refractivity contribution in [3.05, 3.63) is 114 Å². The van der Waals surface area contributed by atoms with Gasteiger partial charge in [-0.15, -0.1) is 0 Å². The molecule has 4 nitrogen and oxygen atoms in total. The predicted molar refractivity (Wildman–Crippen MR) is 133 cm³/mol. The normalized spacial score (nSPS) is 13.8. The summed E-state index contributed by atoms with van der Waals surface area (Å²) in [6.45, 7) is 0.